The maximum atomic E-state index is 13.3. The van der Waals surface area contributed by atoms with E-state index in [1.807, 2.05) is 78.9 Å². The molecule has 0 spiro atoms. The summed E-state index contributed by atoms with van der Waals surface area (Å²) >= 11 is 2.88. The highest BCUT2D eigenvalue weighted by molar-refractivity contribution is 8.00. The largest absolute Gasteiger partial charge is 0.482 e. The van der Waals surface area contributed by atoms with Crippen molar-refractivity contribution in [2.24, 2.45) is 0 Å². The minimum absolute atomic E-state index is 0.0620. The molecule has 0 radical (unpaired) electrons. The Morgan fingerprint density at radius 3 is 2.46 bits per heavy atom. The molecular formula is C26H18N4O3S2. The van der Waals surface area contributed by atoms with Crippen molar-refractivity contribution in [2.75, 3.05) is 10.7 Å². The van der Waals surface area contributed by atoms with Gasteiger partial charge in [-0.15, -0.1) is 10.2 Å². The lowest BCUT2D eigenvalue weighted by Gasteiger charge is -2.30. The van der Waals surface area contributed by atoms with E-state index in [1.54, 1.807) is 22.9 Å². The van der Waals surface area contributed by atoms with Crippen LogP contribution in [0.1, 0.15) is 5.89 Å². The number of thioether (sulfide) groups is 1. The van der Waals surface area contributed by atoms with Crippen LogP contribution in [0.2, 0.25) is 0 Å². The first-order chi connectivity index (χ1) is 17.3. The van der Waals surface area contributed by atoms with E-state index in [1.165, 1.54) is 11.8 Å². The molecule has 172 valence electrons. The summed E-state index contributed by atoms with van der Waals surface area (Å²) in [7, 11) is 0. The van der Waals surface area contributed by atoms with Gasteiger partial charge < -0.3 is 9.15 Å². The lowest BCUT2D eigenvalue weighted by atomic mass is 10.2. The zero-order valence-electron chi connectivity index (χ0n) is 18.3. The van der Waals surface area contributed by atoms with Gasteiger partial charge in [0.1, 0.15) is 11.3 Å². The smallest absolute Gasteiger partial charge is 0.277 e. The standard InChI is InChI=1S/C26H18N4O3S2/c31-24(30-18-9-1-3-12-21(18)35-22-13-4-2-10-19(22)30)16-34-26-29-28-23(33-26)15-32-20-11-5-7-17-8-6-14-27-25(17)20/h1-14H,15-16H2. The SMILES string of the molecule is O=C(CSc1nnc(COc2cccc3cccnc23)o1)N1c2ccccc2Sc2ccccc21. The maximum Gasteiger partial charge on any atom is 0.277 e. The highest BCUT2D eigenvalue weighted by Crippen LogP contribution is 2.48. The minimum Gasteiger partial charge on any atom is -0.482 e. The van der Waals surface area contributed by atoms with E-state index in [4.69, 9.17) is 9.15 Å². The van der Waals surface area contributed by atoms with Gasteiger partial charge in [0.2, 0.25) is 5.91 Å². The Kier molecular flexibility index (Phi) is 5.85. The van der Waals surface area contributed by atoms with Crippen molar-refractivity contribution in [3.8, 4) is 5.75 Å². The molecule has 0 saturated carbocycles. The van der Waals surface area contributed by atoms with E-state index in [2.05, 4.69) is 15.2 Å². The number of carbonyl (C=O) groups excluding carboxylic acids is 1. The third-order valence-corrected chi connectivity index (χ3v) is 7.33. The molecule has 0 aliphatic carbocycles. The van der Waals surface area contributed by atoms with Crippen molar-refractivity contribution in [3.63, 3.8) is 0 Å². The molecule has 3 aromatic carbocycles. The van der Waals surface area contributed by atoms with Crippen LogP contribution in [0.5, 0.6) is 5.75 Å². The van der Waals surface area contributed by atoms with E-state index in [-0.39, 0.29) is 18.3 Å². The second-order valence-corrected chi connectivity index (χ2v) is 9.65. The van der Waals surface area contributed by atoms with Crippen molar-refractivity contribution in [1.29, 1.82) is 0 Å². The normalized spacial score (nSPS) is 12.3. The summed E-state index contributed by atoms with van der Waals surface area (Å²) in [5.74, 6) is 1.07. The van der Waals surface area contributed by atoms with Gasteiger partial charge in [-0.3, -0.25) is 14.7 Å². The summed E-state index contributed by atoms with van der Waals surface area (Å²) in [6.07, 6.45) is 1.73. The molecule has 1 aliphatic heterocycles. The van der Waals surface area contributed by atoms with Crippen LogP contribution in [0.4, 0.5) is 11.4 Å². The van der Waals surface area contributed by atoms with Crippen molar-refractivity contribution in [3.05, 3.63) is 91.0 Å². The fourth-order valence-electron chi connectivity index (χ4n) is 3.85. The first kappa shape index (κ1) is 21.7. The van der Waals surface area contributed by atoms with Gasteiger partial charge in [0.15, 0.2) is 6.61 Å². The second kappa shape index (κ2) is 9.44. The lowest BCUT2D eigenvalue weighted by molar-refractivity contribution is -0.115. The fourth-order valence-corrected chi connectivity index (χ4v) is 5.54. The molecule has 2 aromatic heterocycles. The number of amides is 1. The average molecular weight is 499 g/mol. The van der Waals surface area contributed by atoms with Gasteiger partial charge in [0.25, 0.3) is 11.1 Å². The highest BCUT2D eigenvalue weighted by Gasteiger charge is 2.28. The van der Waals surface area contributed by atoms with Crippen molar-refractivity contribution < 1.29 is 13.9 Å². The molecule has 0 bridgehead atoms. The van der Waals surface area contributed by atoms with Crippen molar-refractivity contribution in [1.82, 2.24) is 15.2 Å². The van der Waals surface area contributed by atoms with E-state index in [9.17, 15) is 4.79 Å². The number of benzene rings is 3. The Hall–Kier alpha value is -3.82. The zero-order valence-corrected chi connectivity index (χ0v) is 20.0. The Labute approximate surface area is 209 Å². The zero-order chi connectivity index (χ0) is 23.6. The molecule has 0 atom stereocenters. The molecule has 7 nitrogen and oxygen atoms in total. The molecule has 0 N–H and O–H groups in total. The Morgan fingerprint density at radius 2 is 1.66 bits per heavy atom. The summed E-state index contributed by atoms with van der Waals surface area (Å²) in [5, 5.41) is 9.45. The van der Waals surface area contributed by atoms with Crippen molar-refractivity contribution >= 4 is 51.7 Å². The summed E-state index contributed by atoms with van der Waals surface area (Å²) in [4.78, 5) is 21.6. The van der Waals surface area contributed by atoms with E-state index in [0.717, 1.165) is 32.1 Å². The number of fused-ring (bicyclic) bond motifs is 3. The van der Waals surface area contributed by atoms with Gasteiger partial charge in [-0.1, -0.05) is 66.0 Å². The Bertz CT molecular complexity index is 1490. The van der Waals surface area contributed by atoms with Crippen LogP contribution < -0.4 is 9.64 Å². The van der Waals surface area contributed by atoms with Gasteiger partial charge in [-0.25, -0.2) is 0 Å². The number of nitrogens with zero attached hydrogens (tertiary/aromatic N) is 4. The van der Waals surface area contributed by atoms with Crippen LogP contribution in [0.3, 0.4) is 0 Å². The quantitative estimate of drug-likeness (QED) is 0.259. The van der Waals surface area contributed by atoms with Gasteiger partial charge in [0.05, 0.1) is 17.1 Å². The van der Waals surface area contributed by atoms with Gasteiger partial charge in [-0.2, -0.15) is 0 Å². The fraction of sp³-hybridized carbons (Fsp3) is 0.0769. The summed E-state index contributed by atoms with van der Waals surface area (Å²) in [6, 6.07) is 25.4. The van der Waals surface area contributed by atoms with Crippen molar-refractivity contribution in [2.45, 2.75) is 21.6 Å². The summed E-state index contributed by atoms with van der Waals surface area (Å²) in [6.45, 7) is 0.112. The minimum atomic E-state index is -0.0620. The first-order valence-corrected chi connectivity index (χ1v) is 12.7. The topological polar surface area (TPSA) is 81.3 Å². The van der Waals surface area contributed by atoms with Crippen LogP contribution in [0.15, 0.2) is 104 Å². The average Bonchev–Trinajstić information content (AvgIpc) is 3.37. The molecule has 5 aromatic rings. The lowest BCUT2D eigenvalue weighted by Crippen LogP contribution is -2.29. The molecule has 6 rings (SSSR count). The third kappa shape index (κ3) is 4.36. The van der Waals surface area contributed by atoms with E-state index in [0.29, 0.717) is 16.9 Å². The first-order valence-electron chi connectivity index (χ1n) is 10.9. The molecule has 1 aliphatic rings. The molecule has 1 amide bonds. The van der Waals surface area contributed by atoms with Crippen LogP contribution in [-0.2, 0) is 11.4 Å². The number of carbonyl (C=O) groups is 1. The predicted molar refractivity (Wildman–Crippen MR) is 135 cm³/mol. The molecular weight excluding hydrogens is 480 g/mol. The van der Waals surface area contributed by atoms with E-state index >= 15 is 0 Å². The van der Waals surface area contributed by atoms with E-state index < -0.39 is 0 Å². The highest BCUT2D eigenvalue weighted by atomic mass is 32.2. The van der Waals surface area contributed by atoms with Crippen LogP contribution in [0, 0.1) is 0 Å². The number of hydrogen-bond donors (Lipinski definition) is 0. The molecule has 0 saturated heterocycles. The number of ether oxygens (including phenoxy) is 1. The number of anilines is 2. The Morgan fingerprint density at radius 1 is 0.914 bits per heavy atom. The molecule has 0 fully saturated rings. The van der Waals surface area contributed by atoms with Gasteiger partial charge in [-0.05, 0) is 36.4 Å². The van der Waals surface area contributed by atoms with Crippen LogP contribution >= 0.6 is 23.5 Å². The molecule has 9 heteroatoms. The number of aromatic nitrogens is 3. The maximum absolute atomic E-state index is 13.3. The van der Waals surface area contributed by atoms with Gasteiger partial charge >= 0.3 is 0 Å². The number of hydrogen-bond acceptors (Lipinski definition) is 8. The summed E-state index contributed by atoms with van der Waals surface area (Å²) < 4.78 is 11.6. The number of para-hydroxylation sites is 3. The Balaban J connectivity index is 1.14. The predicted octanol–water partition coefficient (Wildman–Crippen LogP) is 6.12. The van der Waals surface area contributed by atoms with Crippen LogP contribution in [-0.4, -0.2) is 26.8 Å². The third-order valence-electron chi connectivity index (χ3n) is 5.40. The van der Waals surface area contributed by atoms with Crippen LogP contribution in [0.25, 0.3) is 10.9 Å². The summed E-state index contributed by atoms with van der Waals surface area (Å²) in [5.41, 5.74) is 2.53. The van der Waals surface area contributed by atoms with Gasteiger partial charge in [0, 0.05) is 21.4 Å². The second-order valence-electron chi connectivity index (χ2n) is 7.64. The molecule has 0 unspecified atom stereocenters. The monoisotopic (exact) mass is 498 g/mol. The molecule has 35 heavy (non-hydrogen) atoms. The number of rotatable bonds is 6. The molecule has 3 heterocycles. The number of pyridine rings is 1.